The normalized spacial score (nSPS) is 32.1. The van der Waals surface area contributed by atoms with E-state index in [1.807, 2.05) is 12.1 Å². The number of likely N-dealkylation sites (tertiary alicyclic amines) is 1. The molecule has 1 aromatic heterocycles. The summed E-state index contributed by atoms with van der Waals surface area (Å²) in [6.07, 6.45) is 13.6. The minimum absolute atomic E-state index is 0.186. The molecule has 5 heteroatoms. The maximum atomic E-state index is 13.4. The molecule has 26 heavy (non-hydrogen) atoms. The summed E-state index contributed by atoms with van der Waals surface area (Å²) in [4.78, 5) is 22.2. The van der Waals surface area contributed by atoms with Crippen molar-refractivity contribution in [2.24, 2.45) is 5.41 Å². The van der Waals surface area contributed by atoms with Gasteiger partial charge in [-0.05, 0) is 57.1 Å². The quantitative estimate of drug-likeness (QED) is 0.828. The van der Waals surface area contributed by atoms with Crippen LogP contribution in [0.5, 0.6) is 0 Å². The zero-order valence-corrected chi connectivity index (χ0v) is 15.2. The second-order valence-corrected chi connectivity index (χ2v) is 8.04. The molecule has 1 N–H and O–H groups in total. The smallest absolute Gasteiger partial charge is 0.230 e. The highest BCUT2D eigenvalue weighted by atomic mass is 16.3. The minimum Gasteiger partial charge on any atom is -0.393 e. The van der Waals surface area contributed by atoms with Crippen molar-refractivity contribution < 1.29 is 9.90 Å². The van der Waals surface area contributed by atoms with Crippen molar-refractivity contribution in [2.75, 3.05) is 24.5 Å². The summed E-state index contributed by atoms with van der Waals surface area (Å²) in [5.41, 5.74) is 0.505. The van der Waals surface area contributed by atoms with Crippen LogP contribution in [0, 0.1) is 17.8 Å². The van der Waals surface area contributed by atoms with Crippen LogP contribution < -0.4 is 4.90 Å². The van der Waals surface area contributed by atoms with Gasteiger partial charge in [0.15, 0.2) is 0 Å². The summed E-state index contributed by atoms with van der Waals surface area (Å²) in [5, 5.41) is 9.75. The van der Waals surface area contributed by atoms with Gasteiger partial charge in [0.1, 0.15) is 5.82 Å². The fourth-order valence-electron chi connectivity index (χ4n) is 5.02. The highest BCUT2D eigenvalue weighted by molar-refractivity contribution is 5.86. The summed E-state index contributed by atoms with van der Waals surface area (Å²) in [6.45, 7) is 2.46. The van der Waals surface area contributed by atoms with Crippen molar-refractivity contribution in [3.63, 3.8) is 0 Å². The molecule has 1 spiro atoms. The van der Waals surface area contributed by atoms with Crippen LogP contribution in [0.15, 0.2) is 18.3 Å². The molecule has 1 aromatic rings. The number of hydrogen-bond acceptors (Lipinski definition) is 4. The molecule has 1 aliphatic carbocycles. The van der Waals surface area contributed by atoms with Gasteiger partial charge in [-0.1, -0.05) is 5.92 Å². The summed E-state index contributed by atoms with van der Waals surface area (Å²) in [7, 11) is 0. The highest BCUT2D eigenvalue weighted by Gasteiger charge is 2.50. The minimum atomic E-state index is -0.294. The van der Waals surface area contributed by atoms with Crippen LogP contribution in [0.25, 0.3) is 0 Å². The summed E-state index contributed by atoms with van der Waals surface area (Å²) >= 11 is 0. The average Bonchev–Trinajstić information content (AvgIpc) is 2.98. The van der Waals surface area contributed by atoms with Crippen molar-refractivity contribution in [3.05, 3.63) is 23.9 Å². The lowest BCUT2D eigenvalue weighted by molar-refractivity contribution is -0.139. The summed E-state index contributed by atoms with van der Waals surface area (Å²) < 4.78 is 0. The Bertz CT molecular complexity index is 720. The number of anilines is 1. The van der Waals surface area contributed by atoms with Crippen molar-refractivity contribution in [1.82, 2.24) is 9.88 Å². The maximum Gasteiger partial charge on any atom is 0.230 e. The van der Waals surface area contributed by atoms with Gasteiger partial charge in [-0.15, -0.1) is 6.42 Å². The first-order valence-corrected chi connectivity index (χ1v) is 9.79. The largest absolute Gasteiger partial charge is 0.393 e. The Morgan fingerprint density at radius 3 is 2.81 bits per heavy atom. The molecule has 0 aromatic carbocycles. The standard InChI is InChI=1S/C21H27N3O2/c1-2-16-5-3-12-22-19(16)23-13-4-10-21(15-23)11-14-24(20(21)26)17-6-8-18(25)9-7-17/h1,3,5,12,17-18,25H,4,6-11,13-15H2/t17?,18?,21-/m0/s1. The topological polar surface area (TPSA) is 56.7 Å². The van der Waals surface area contributed by atoms with Gasteiger partial charge in [-0.25, -0.2) is 4.98 Å². The molecule has 1 saturated carbocycles. The lowest BCUT2D eigenvalue weighted by Gasteiger charge is -2.41. The number of rotatable bonds is 2. The van der Waals surface area contributed by atoms with E-state index in [-0.39, 0.29) is 11.5 Å². The number of terminal acetylenes is 1. The van der Waals surface area contributed by atoms with Gasteiger partial charge in [0.05, 0.1) is 17.1 Å². The first-order valence-electron chi connectivity index (χ1n) is 9.79. The number of piperidine rings is 1. The molecular weight excluding hydrogens is 326 g/mol. The Kier molecular flexibility index (Phi) is 4.62. The zero-order chi connectivity index (χ0) is 18.1. The lowest BCUT2D eigenvalue weighted by atomic mass is 9.78. The van der Waals surface area contributed by atoms with E-state index in [2.05, 4.69) is 20.7 Å². The van der Waals surface area contributed by atoms with Crippen LogP contribution in [0.4, 0.5) is 5.82 Å². The van der Waals surface area contributed by atoms with E-state index in [0.717, 1.165) is 69.4 Å². The van der Waals surface area contributed by atoms with E-state index in [1.165, 1.54) is 0 Å². The molecule has 3 aliphatic rings. The number of aromatic nitrogens is 1. The van der Waals surface area contributed by atoms with Crippen molar-refractivity contribution in [3.8, 4) is 12.3 Å². The van der Waals surface area contributed by atoms with Crippen LogP contribution in [-0.4, -0.2) is 52.7 Å². The molecular formula is C21H27N3O2. The number of aliphatic hydroxyl groups excluding tert-OH is 1. The van der Waals surface area contributed by atoms with Crippen LogP contribution in [0.2, 0.25) is 0 Å². The Morgan fingerprint density at radius 2 is 2.04 bits per heavy atom. The van der Waals surface area contributed by atoms with Gasteiger partial charge < -0.3 is 14.9 Å². The molecule has 1 atom stereocenters. The molecule has 5 nitrogen and oxygen atoms in total. The highest BCUT2D eigenvalue weighted by Crippen LogP contribution is 2.43. The Balaban J connectivity index is 1.52. The van der Waals surface area contributed by atoms with Crippen molar-refractivity contribution in [2.45, 2.75) is 57.1 Å². The Hall–Kier alpha value is -2.06. The molecule has 0 radical (unpaired) electrons. The van der Waals surface area contributed by atoms with Gasteiger partial charge in [0.2, 0.25) is 5.91 Å². The lowest BCUT2D eigenvalue weighted by Crippen LogP contribution is -2.50. The van der Waals surface area contributed by atoms with Crippen LogP contribution in [-0.2, 0) is 4.79 Å². The third-order valence-electron chi connectivity index (χ3n) is 6.47. The second-order valence-electron chi connectivity index (χ2n) is 8.04. The number of carbonyl (C=O) groups excluding carboxylic acids is 1. The summed E-state index contributed by atoms with van der Waals surface area (Å²) in [6, 6.07) is 4.08. The van der Waals surface area contributed by atoms with E-state index in [1.54, 1.807) is 6.20 Å². The monoisotopic (exact) mass is 353 g/mol. The van der Waals surface area contributed by atoms with Crippen LogP contribution in [0.1, 0.15) is 50.5 Å². The number of amides is 1. The van der Waals surface area contributed by atoms with E-state index in [9.17, 15) is 9.90 Å². The fourth-order valence-corrected chi connectivity index (χ4v) is 5.02. The first kappa shape index (κ1) is 17.4. The van der Waals surface area contributed by atoms with Crippen molar-refractivity contribution in [1.29, 1.82) is 0 Å². The molecule has 3 heterocycles. The van der Waals surface area contributed by atoms with Gasteiger partial charge in [0.25, 0.3) is 0 Å². The average molecular weight is 353 g/mol. The first-order chi connectivity index (χ1) is 12.6. The Morgan fingerprint density at radius 1 is 1.23 bits per heavy atom. The zero-order valence-electron chi connectivity index (χ0n) is 15.2. The fraction of sp³-hybridized carbons (Fsp3) is 0.619. The van der Waals surface area contributed by atoms with Gasteiger partial charge >= 0.3 is 0 Å². The molecule has 0 unspecified atom stereocenters. The molecule has 2 aliphatic heterocycles. The summed E-state index contributed by atoms with van der Waals surface area (Å²) in [5.74, 6) is 3.87. The van der Waals surface area contributed by atoms with Crippen LogP contribution in [0.3, 0.4) is 0 Å². The van der Waals surface area contributed by atoms with E-state index < -0.39 is 0 Å². The third-order valence-corrected chi connectivity index (χ3v) is 6.47. The van der Waals surface area contributed by atoms with Crippen molar-refractivity contribution >= 4 is 11.7 Å². The molecule has 138 valence electrons. The van der Waals surface area contributed by atoms with Gasteiger partial charge in [-0.2, -0.15) is 0 Å². The van der Waals surface area contributed by atoms with Crippen LogP contribution >= 0.6 is 0 Å². The number of pyridine rings is 1. The molecule has 4 rings (SSSR count). The third kappa shape index (κ3) is 2.97. The van der Waals surface area contributed by atoms with E-state index in [0.29, 0.717) is 18.5 Å². The molecule has 2 saturated heterocycles. The molecule has 1 amide bonds. The number of nitrogens with zero attached hydrogens (tertiary/aromatic N) is 3. The second kappa shape index (κ2) is 6.92. The van der Waals surface area contributed by atoms with E-state index in [4.69, 9.17) is 6.42 Å². The predicted molar refractivity (Wildman–Crippen MR) is 101 cm³/mol. The number of hydrogen-bond donors (Lipinski definition) is 1. The molecule has 0 bridgehead atoms. The number of carbonyl (C=O) groups is 1. The molecule has 3 fully saturated rings. The maximum absolute atomic E-state index is 13.4. The number of aliphatic hydroxyl groups is 1. The Labute approximate surface area is 155 Å². The van der Waals surface area contributed by atoms with Gasteiger partial charge in [0, 0.05) is 31.9 Å². The van der Waals surface area contributed by atoms with Gasteiger partial charge in [-0.3, -0.25) is 4.79 Å². The SMILES string of the molecule is C#Cc1cccnc1N1CCC[C@]2(CCN(C3CCC(O)CC3)C2=O)C1. The van der Waals surface area contributed by atoms with E-state index >= 15 is 0 Å². The predicted octanol–water partition coefficient (Wildman–Crippen LogP) is 2.19.